The highest BCUT2D eigenvalue weighted by atomic mass is 16.3. The zero-order chi connectivity index (χ0) is 19.5. The van der Waals surface area contributed by atoms with E-state index in [1.807, 2.05) is 30.1 Å². The fraction of sp³-hybridized carbons (Fsp3) is 0.650. The summed E-state index contributed by atoms with van der Waals surface area (Å²) in [6, 6.07) is 5.59. The van der Waals surface area contributed by atoms with Crippen molar-refractivity contribution < 1.29 is 5.11 Å². The fourth-order valence-electron chi connectivity index (χ4n) is 4.45. The molecule has 8 heteroatoms. The molecule has 1 saturated carbocycles. The number of aliphatic hydroxyl groups is 1. The van der Waals surface area contributed by atoms with E-state index in [0.29, 0.717) is 6.04 Å². The first-order valence-corrected chi connectivity index (χ1v) is 10.4. The van der Waals surface area contributed by atoms with Crippen LogP contribution in [0.2, 0.25) is 0 Å². The van der Waals surface area contributed by atoms with Gasteiger partial charge >= 0.3 is 0 Å². The van der Waals surface area contributed by atoms with Crippen molar-refractivity contribution in [2.24, 2.45) is 7.05 Å². The lowest BCUT2D eigenvalue weighted by Crippen LogP contribution is -2.46. The molecule has 0 aromatic carbocycles. The van der Waals surface area contributed by atoms with Gasteiger partial charge in [-0.15, -0.1) is 0 Å². The molecule has 0 spiro atoms. The largest absolute Gasteiger partial charge is 0.391 e. The molecule has 3 atom stereocenters. The maximum Gasteiger partial charge on any atom is 0.267 e. The summed E-state index contributed by atoms with van der Waals surface area (Å²) in [4.78, 5) is 14.7. The molecule has 28 heavy (non-hydrogen) atoms. The van der Waals surface area contributed by atoms with Crippen molar-refractivity contribution in [1.29, 1.82) is 0 Å². The Labute approximate surface area is 165 Å². The highest BCUT2D eigenvalue weighted by molar-refractivity contribution is 5.39. The van der Waals surface area contributed by atoms with Crippen LogP contribution < -0.4 is 15.8 Å². The summed E-state index contributed by atoms with van der Waals surface area (Å²) in [6.07, 6.45) is 7.40. The quantitative estimate of drug-likeness (QED) is 0.776. The number of aromatic nitrogens is 4. The van der Waals surface area contributed by atoms with Crippen LogP contribution in [0.25, 0.3) is 0 Å². The third-order valence-electron chi connectivity index (χ3n) is 5.95. The molecule has 2 aliphatic rings. The predicted molar refractivity (Wildman–Crippen MR) is 107 cm³/mol. The van der Waals surface area contributed by atoms with Crippen molar-refractivity contribution in [3.05, 3.63) is 40.4 Å². The molecule has 1 aliphatic heterocycles. The SMILES string of the molecule is Cn1ccc(CNCC2CCCCN2c2ccc(=O)n(C3CCCC3O)n2)n1. The van der Waals surface area contributed by atoms with Crippen LogP contribution >= 0.6 is 0 Å². The number of piperidine rings is 1. The number of nitrogens with one attached hydrogen (secondary N) is 1. The lowest BCUT2D eigenvalue weighted by molar-refractivity contribution is 0.127. The third-order valence-corrected chi connectivity index (χ3v) is 5.95. The highest BCUT2D eigenvalue weighted by Gasteiger charge is 2.30. The minimum atomic E-state index is -0.474. The van der Waals surface area contributed by atoms with Crippen LogP contribution in [0.4, 0.5) is 5.82 Å². The van der Waals surface area contributed by atoms with Gasteiger partial charge in [-0.05, 0) is 50.7 Å². The van der Waals surface area contributed by atoms with Gasteiger partial charge < -0.3 is 15.3 Å². The van der Waals surface area contributed by atoms with Gasteiger partial charge in [0.25, 0.3) is 5.56 Å². The predicted octanol–water partition coefficient (Wildman–Crippen LogP) is 1.21. The van der Waals surface area contributed by atoms with Crippen molar-refractivity contribution in [3.63, 3.8) is 0 Å². The number of nitrogens with zero attached hydrogens (tertiary/aromatic N) is 5. The summed E-state index contributed by atoms with van der Waals surface area (Å²) in [5, 5.41) is 22.8. The standard InChI is InChI=1S/C20H30N6O2/c1-24-12-10-15(22-24)13-21-14-16-5-2-3-11-25(16)19-8-9-20(28)26(23-19)17-6-4-7-18(17)27/h8-10,12,16-18,21,27H,2-7,11,13-14H2,1H3. The van der Waals surface area contributed by atoms with Crippen LogP contribution in [-0.2, 0) is 13.6 Å². The van der Waals surface area contributed by atoms with Gasteiger partial charge in [0, 0.05) is 45.0 Å². The van der Waals surface area contributed by atoms with Gasteiger partial charge in [-0.1, -0.05) is 0 Å². The molecule has 1 aliphatic carbocycles. The van der Waals surface area contributed by atoms with E-state index in [9.17, 15) is 9.90 Å². The zero-order valence-electron chi connectivity index (χ0n) is 16.5. The molecule has 2 aromatic rings. The Balaban J connectivity index is 1.47. The number of hydrogen-bond acceptors (Lipinski definition) is 6. The van der Waals surface area contributed by atoms with Crippen LogP contribution in [0.3, 0.4) is 0 Å². The van der Waals surface area contributed by atoms with Gasteiger partial charge in [-0.25, -0.2) is 4.68 Å². The van der Waals surface area contributed by atoms with Crippen molar-refractivity contribution in [1.82, 2.24) is 24.9 Å². The molecule has 1 saturated heterocycles. The summed E-state index contributed by atoms with van der Waals surface area (Å²) < 4.78 is 3.33. The maximum absolute atomic E-state index is 12.3. The molecule has 8 nitrogen and oxygen atoms in total. The number of rotatable bonds is 6. The van der Waals surface area contributed by atoms with Crippen molar-refractivity contribution >= 4 is 5.82 Å². The van der Waals surface area contributed by atoms with Crippen LogP contribution in [0.15, 0.2) is 29.2 Å². The van der Waals surface area contributed by atoms with Crippen LogP contribution in [0, 0.1) is 0 Å². The van der Waals surface area contributed by atoms with Gasteiger partial charge in [0.1, 0.15) is 5.82 Å². The number of aliphatic hydroxyl groups excluding tert-OH is 1. The number of aryl methyl sites for hydroxylation is 1. The van der Waals surface area contributed by atoms with Crippen LogP contribution in [0.5, 0.6) is 0 Å². The topological polar surface area (TPSA) is 88.2 Å². The monoisotopic (exact) mass is 386 g/mol. The lowest BCUT2D eigenvalue weighted by Gasteiger charge is -2.37. The van der Waals surface area contributed by atoms with Gasteiger partial charge in [0.15, 0.2) is 0 Å². The van der Waals surface area contributed by atoms with E-state index in [-0.39, 0.29) is 11.6 Å². The van der Waals surface area contributed by atoms with E-state index in [2.05, 4.69) is 20.4 Å². The Kier molecular flexibility index (Phi) is 5.77. The minimum Gasteiger partial charge on any atom is -0.391 e. The van der Waals surface area contributed by atoms with Crippen LogP contribution in [-0.4, -0.2) is 49.9 Å². The Morgan fingerprint density at radius 3 is 2.79 bits per heavy atom. The van der Waals surface area contributed by atoms with Gasteiger partial charge in [0.2, 0.25) is 0 Å². The fourth-order valence-corrected chi connectivity index (χ4v) is 4.45. The Hall–Kier alpha value is -2.19. The molecule has 0 amide bonds. The first kappa shape index (κ1) is 19.1. The van der Waals surface area contributed by atoms with E-state index in [1.165, 1.54) is 11.1 Å². The second kappa shape index (κ2) is 8.45. The van der Waals surface area contributed by atoms with E-state index in [4.69, 9.17) is 0 Å². The average molecular weight is 387 g/mol. The third kappa shape index (κ3) is 4.12. The summed E-state index contributed by atoms with van der Waals surface area (Å²) in [6.45, 7) is 2.53. The Morgan fingerprint density at radius 2 is 2.04 bits per heavy atom. The van der Waals surface area contributed by atoms with Gasteiger partial charge in [-0.2, -0.15) is 10.2 Å². The molecule has 0 radical (unpaired) electrons. The molecular formula is C20H30N6O2. The minimum absolute atomic E-state index is 0.128. The zero-order valence-corrected chi connectivity index (χ0v) is 16.5. The molecule has 2 N–H and O–H groups in total. The molecule has 3 heterocycles. The summed E-state index contributed by atoms with van der Waals surface area (Å²) >= 11 is 0. The van der Waals surface area contributed by atoms with E-state index < -0.39 is 6.10 Å². The number of hydrogen-bond donors (Lipinski definition) is 2. The van der Waals surface area contributed by atoms with E-state index in [0.717, 1.165) is 63.3 Å². The van der Waals surface area contributed by atoms with Gasteiger partial charge in [0.05, 0.1) is 17.8 Å². The smallest absolute Gasteiger partial charge is 0.267 e. The normalized spacial score (nSPS) is 25.4. The molecule has 3 unspecified atom stereocenters. The summed E-state index contributed by atoms with van der Waals surface area (Å²) in [5.41, 5.74) is 0.906. The second-order valence-corrected chi connectivity index (χ2v) is 7.99. The summed E-state index contributed by atoms with van der Waals surface area (Å²) in [7, 11) is 1.92. The molecular weight excluding hydrogens is 356 g/mol. The first-order valence-electron chi connectivity index (χ1n) is 10.4. The Bertz CT molecular complexity index is 847. The number of anilines is 1. The lowest BCUT2D eigenvalue weighted by atomic mass is 10.0. The van der Waals surface area contributed by atoms with Crippen molar-refractivity contribution in [2.75, 3.05) is 18.0 Å². The average Bonchev–Trinajstić information content (AvgIpc) is 3.31. The van der Waals surface area contributed by atoms with Crippen molar-refractivity contribution in [2.45, 2.75) is 63.3 Å². The van der Waals surface area contributed by atoms with Gasteiger partial charge in [-0.3, -0.25) is 9.48 Å². The van der Waals surface area contributed by atoms with E-state index in [1.54, 1.807) is 6.07 Å². The second-order valence-electron chi connectivity index (χ2n) is 7.99. The van der Waals surface area contributed by atoms with Crippen LogP contribution in [0.1, 0.15) is 50.3 Å². The Morgan fingerprint density at radius 1 is 1.14 bits per heavy atom. The van der Waals surface area contributed by atoms with Crippen molar-refractivity contribution in [3.8, 4) is 0 Å². The molecule has 4 rings (SSSR count). The molecule has 2 fully saturated rings. The maximum atomic E-state index is 12.3. The molecule has 0 bridgehead atoms. The first-order chi connectivity index (χ1) is 13.6. The highest BCUT2D eigenvalue weighted by Crippen LogP contribution is 2.29. The van der Waals surface area contributed by atoms with E-state index >= 15 is 0 Å². The molecule has 152 valence electrons. The summed E-state index contributed by atoms with van der Waals surface area (Å²) in [5.74, 6) is 0.836. The molecule has 2 aromatic heterocycles.